The van der Waals surface area contributed by atoms with Crippen molar-refractivity contribution in [3.05, 3.63) is 16.7 Å². The van der Waals surface area contributed by atoms with Crippen molar-refractivity contribution in [3.63, 3.8) is 0 Å². The van der Waals surface area contributed by atoms with Crippen molar-refractivity contribution in [1.29, 1.82) is 0 Å². The smallest absolute Gasteiger partial charge is 0.386 e. The number of anilines is 1. The highest BCUT2D eigenvalue weighted by Crippen LogP contribution is 2.34. The first-order valence-corrected chi connectivity index (χ1v) is 14.1. The Morgan fingerprint density at radius 1 is 1.19 bits per heavy atom. The van der Waals surface area contributed by atoms with Crippen molar-refractivity contribution < 1.29 is 45.7 Å². The lowest BCUT2D eigenvalue weighted by Crippen LogP contribution is -2.58. The number of halogens is 3. The summed E-state index contributed by atoms with van der Waals surface area (Å²) in [5, 5.41) is 11.4. The summed E-state index contributed by atoms with van der Waals surface area (Å²) < 4.78 is 80.1. The average Bonchev–Trinajstić information content (AvgIpc) is 2.95. The van der Waals surface area contributed by atoms with E-state index < -0.39 is 78.1 Å². The summed E-state index contributed by atoms with van der Waals surface area (Å²) in [5.74, 6) is -3.25. The maximum Gasteiger partial charge on any atom is 0.497 e. The zero-order chi connectivity index (χ0) is 27.4. The number of carbonyl (C=O) groups excluding carboxylic acids is 1. The third-order valence-electron chi connectivity index (χ3n) is 5.31. The van der Waals surface area contributed by atoms with Crippen molar-refractivity contribution in [1.82, 2.24) is 9.55 Å². The van der Waals surface area contributed by atoms with Crippen LogP contribution in [0.1, 0.15) is 47.8 Å². The lowest BCUT2D eigenvalue weighted by Gasteiger charge is -2.33. The Morgan fingerprint density at radius 3 is 2.33 bits per heavy atom. The zero-order valence-corrected chi connectivity index (χ0v) is 22.9. The number of alkyl halides is 3. The fraction of sp³-hybridized carbons (Fsp3) is 0.750. The molecule has 0 unspecified atom stereocenters. The Balaban J connectivity index is 1.83. The summed E-state index contributed by atoms with van der Waals surface area (Å²) in [4.78, 5) is 28.7. The minimum atomic E-state index is -5.66. The molecule has 1 aromatic rings. The second-order valence-electron chi connectivity index (χ2n) is 10.6. The van der Waals surface area contributed by atoms with Crippen LogP contribution in [0.3, 0.4) is 0 Å². The van der Waals surface area contributed by atoms with E-state index in [9.17, 15) is 36.3 Å². The van der Waals surface area contributed by atoms with Crippen molar-refractivity contribution in [2.45, 2.75) is 82.8 Å². The number of fused-ring (bicyclic) bond motifs is 1. The van der Waals surface area contributed by atoms with Crippen LogP contribution in [0.2, 0.25) is 0 Å². The first-order valence-electron chi connectivity index (χ1n) is 11.1. The highest BCUT2D eigenvalue weighted by molar-refractivity contribution is 7.93. The van der Waals surface area contributed by atoms with Gasteiger partial charge in [0, 0.05) is 11.4 Å². The van der Waals surface area contributed by atoms with Gasteiger partial charge in [0.25, 0.3) is 9.84 Å². The SMILES string of the molecule is CC(C)(C)OC[C@H]1O[C@@H](n2cc3c(nc2=O)N(C(=O)CS(=O)(=O)C(F)(F)F)[SiH2]3)[C@@H](O)[C@@H]1OC(C)(C)C. The largest absolute Gasteiger partial charge is 0.497 e. The molecule has 4 atom stereocenters. The van der Waals surface area contributed by atoms with E-state index in [1.54, 1.807) is 20.8 Å². The minimum Gasteiger partial charge on any atom is -0.386 e. The Hall–Kier alpha value is -1.85. The standard InChI is InChI=1S/C20H30F3N3O8SSi/c1-18(2,3)32-8-10-14(34-19(4,5)6)13(28)16(33-10)25-7-11-15(24-17(25)29)26(36-11)12(27)9-35(30,31)20(21,22)23/h7,10,13-14,16,28H,8-9,36H2,1-6H3/t10-,13+,14-,16-/m1/s1. The quantitative estimate of drug-likeness (QED) is 0.459. The van der Waals surface area contributed by atoms with Gasteiger partial charge in [-0.2, -0.15) is 18.2 Å². The Kier molecular flexibility index (Phi) is 7.55. The Bertz CT molecular complexity index is 1180. The number of hydrogen-bond donors (Lipinski definition) is 1. The number of amides is 1. The number of carbonyl (C=O) groups is 1. The molecule has 0 saturated carbocycles. The van der Waals surface area contributed by atoms with Crippen LogP contribution in [0.5, 0.6) is 0 Å². The molecule has 1 fully saturated rings. The van der Waals surface area contributed by atoms with Crippen molar-refractivity contribution in [3.8, 4) is 0 Å². The van der Waals surface area contributed by atoms with Gasteiger partial charge in [0.15, 0.2) is 15.9 Å². The van der Waals surface area contributed by atoms with Crippen LogP contribution in [0.4, 0.5) is 19.0 Å². The molecule has 0 bridgehead atoms. The van der Waals surface area contributed by atoms with Gasteiger partial charge in [0.2, 0.25) is 5.91 Å². The fourth-order valence-electron chi connectivity index (χ4n) is 3.68. The van der Waals surface area contributed by atoms with E-state index in [-0.39, 0.29) is 12.4 Å². The molecule has 0 spiro atoms. The monoisotopic (exact) mass is 557 g/mol. The van der Waals surface area contributed by atoms with E-state index >= 15 is 0 Å². The van der Waals surface area contributed by atoms with Crippen LogP contribution in [0.25, 0.3) is 0 Å². The van der Waals surface area contributed by atoms with E-state index in [0.29, 0.717) is 5.19 Å². The molecule has 3 rings (SSSR count). The second-order valence-corrected chi connectivity index (χ2v) is 14.3. The summed E-state index contributed by atoms with van der Waals surface area (Å²) in [6, 6.07) is 0. The molecule has 1 amide bonds. The average molecular weight is 558 g/mol. The molecule has 0 radical (unpaired) electrons. The van der Waals surface area contributed by atoms with Crippen molar-refractivity contribution in [2.75, 3.05) is 16.9 Å². The summed E-state index contributed by atoms with van der Waals surface area (Å²) in [7, 11) is -7.38. The van der Waals surface area contributed by atoms with Gasteiger partial charge >= 0.3 is 11.2 Å². The molecule has 2 aliphatic heterocycles. The molecule has 1 aromatic heterocycles. The number of nitrogens with zero attached hydrogens (tertiary/aromatic N) is 3. The number of sulfone groups is 1. The number of rotatable bonds is 6. The van der Waals surface area contributed by atoms with E-state index in [4.69, 9.17) is 14.2 Å². The van der Waals surface area contributed by atoms with E-state index in [0.717, 1.165) is 9.13 Å². The van der Waals surface area contributed by atoms with Crippen molar-refractivity contribution in [2.24, 2.45) is 0 Å². The highest BCUT2D eigenvalue weighted by Gasteiger charge is 2.50. The topological polar surface area (TPSA) is 137 Å². The summed E-state index contributed by atoms with van der Waals surface area (Å²) in [6.45, 7) is 11.0. The molecule has 1 saturated heterocycles. The minimum absolute atomic E-state index is 0.0651. The number of aliphatic hydroxyl groups excluding tert-OH is 1. The van der Waals surface area contributed by atoms with Gasteiger partial charge in [-0.05, 0) is 41.5 Å². The van der Waals surface area contributed by atoms with Gasteiger partial charge < -0.3 is 23.9 Å². The van der Waals surface area contributed by atoms with Gasteiger partial charge in [-0.3, -0.25) is 9.36 Å². The van der Waals surface area contributed by atoms with Crippen LogP contribution < -0.4 is 15.4 Å². The number of hydrogen-bond acceptors (Lipinski definition) is 9. The van der Waals surface area contributed by atoms with Crippen LogP contribution in [0, 0.1) is 0 Å². The van der Waals surface area contributed by atoms with Crippen molar-refractivity contribution >= 4 is 36.4 Å². The van der Waals surface area contributed by atoms with Gasteiger partial charge in [-0.15, -0.1) is 0 Å². The molecular weight excluding hydrogens is 527 g/mol. The lowest BCUT2D eigenvalue weighted by molar-refractivity contribution is -0.138. The molecule has 1 N–H and O–H groups in total. The number of ether oxygens (including phenoxy) is 3. The molecule has 16 heteroatoms. The van der Waals surface area contributed by atoms with E-state index in [1.165, 1.54) is 6.20 Å². The van der Waals surface area contributed by atoms with Gasteiger partial charge in [-0.1, -0.05) is 0 Å². The van der Waals surface area contributed by atoms with Crippen LogP contribution in [-0.2, 0) is 28.8 Å². The molecule has 3 heterocycles. The van der Waals surface area contributed by atoms with Gasteiger partial charge in [-0.25, -0.2) is 13.2 Å². The summed E-state index contributed by atoms with van der Waals surface area (Å²) in [5.41, 5.74) is -7.66. The third-order valence-corrected chi connectivity index (χ3v) is 8.45. The first-order chi connectivity index (χ1) is 16.2. The summed E-state index contributed by atoms with van der Waals surface area (Å²) in [6.07, 6.45) is -2.73. The number of aliphatic hydroxyl groups is 1. The normalized spacial score (nSPS) is 25.7. The van der Waals surface area contributed by atoms with E-state index in [1.807, 2.05) is 20.8 Å². The van der Waals surface area contributed by atoms with Crippen LogP contribution in [-0.4, -0.2) is 86.0 Å². The molecule has 36 heavy (non-hydrogen) atoms. The molecule has 11 nitrogen and oxygen atoms in total. The Morgan fingerprint density at radius 2 is 1.81 bits per heavy atom. The van der Waals surface area contributed by atoms with E-state index in [2.05, 4.69) is 4.98 Å². The number of aromatic nitrogens is 2. The lowest BCUT2D eigenvalue weighted by atomic mass is 10.1. The van der Waals surface area contributed by atoms with Crippen LogP contribution >= 0.6 is 0 Å². The molecule has 2 aliphatic rings. The molecule has 0 aliphatic carbocycles. The third kappa shape index (κ3) is 6.16. The van der Waals surface area contributed by atoms with Crippen LogP contribution in [0.15, 0.2) is 11.0 Å². The highest BCUT2D eigenvalue weighted by atomic mass is 32.2. The zero-order valence-electron chi connectivity index (χ0n) is 20.7. The fourth-order valence-corrected chi connectivity index (χ4v) is 5.93. The van der Waals surface area contributed by atoms with Gasteiger partial charge in [0.1, 0.15) is 29.9 Å². The predicted molar refractivity (Wildman–Crippen MR) is 124 cm³/mol. The maximum atomic E-state index is 12.8. The Labute approximate surface area is 208 Å². The summed E-state index contributed by atoms with van der Waals surface area (Å²) >= 11 is 0. The second kappa shape index (κ2) is 9.47. The maximum absolute atomic E-state index is 12.8. The molecular formula is C20H30F3N3O8SSi. The molecule has 204 valence electrons. The molecule has 0 aromatic carbocycles. The first kappa shape index (κ1) is 28.7. The predicted octanol–water partition coefficient (Wildman–Crippen LogP) is -0.509. The van der Waals surface area contributed by atoms with Gasteiger partial charge in [0.05, 0.1) is 17.8 Å².